The van der Waals surface area contributed by atoms with Gasteiger partial charge in [-0.1, -0.05) is 6.92 Å². The van der Waals surface area contributed by atoms with Crippen LogP contribution in [0, 0.1) is 0 Å². The first-order valence-corrected chi connectivity index (χ1v) is 7.28. The van der Waals surface area contributed by atoms with Gasteiger partial charge in [0.2, 0.25) is 5.78 Å². The van der Waals surface area contributed by atoms with E-state index in [2.05, 4.69) is 10.1 Å². The minimum Gasteiger partial charge on any atom is -0.489 e. The molecule has 0 amide bonds. The molecule has 2 aromatic heterocycles. The van der Waals surface area contributed by atoms with E-state index in [9.17, 15) is 4.79 Å². The lowest BCUT2D eigenvalue weighted by molar-refractivity contribution is 0.102. The summed E-state index contributed by atoms with van der Waals surface area (Å²) >= 11 is 0. The lowest BCUT2D eigenvalue weighted by Gasteiger charge is -2.10. The molecule has 2 rings (SSSR count). The van der Waals surface area contributed by atoms with Gasteiger partial charge in [-0.15, -0.1) is 0 Å². The highest BCUT2D eigenvalue weighted by Gasteiger charge is 2.17. The lowest BCUT2D eigenvalue weighted by Crippen LogP contribution is -2.12. The van der Waals surface area contributed by atoms with Crippen molar-refractivity contribution in [2.24, 2.45) is 0 Å². The molecule has 21 heavy (non-hydrogen) atoms. The average Bonchev–Trinajstić information content (AvgIpc) is 2.89. The molecule has 0 saturated heterocycles. The number of aryl methyl sites for hydroxylation is 2. The van der Waals surface area contributed by atoms with E-state index >= 15 is 0 Å². The molecule has 2 aromatic rings. The smallest absolute Gasteiger partial charge is 0.212 e. The van der Waals surface area contributed by atoms with Crippen molar-refractivity contribution in [1.29, 1.82) is 0 Å². The first-order chi connectivity index (χ1) is 10.0. The number of ether oxygens (including phenoxy) is 1. The van der Waals surface area contributed by atoms with E-state index in [1.54, 1.807) is 23.1 Å². The quantitative estimate of drug-likeness (QED) is 0.767. The van der Waals surface area contributed by atoms with Crippen LogP contribution in [0.5, 0.6) is 5.75 Å². The molecule has 0 N–H and O–H groups in total. The molecule has 112 valence electrons. The molecule has 5 nitrogen and oxygen atoms in total. The van der Waals surface area contributed by atoms with E-state index < -0.39 is 0 Å². The molecule has 0 saturated carbocycles. The fourth-order valence-corrected chi connectivity index (χ4v) is 2.09. The predicted octanol–water partition coefficient (Wildman–Crippen LogP) is 2.88. The van der Waals surface area contributed by atoms with Crippen LogP contribution in [-0.2, 0) is 13.0 Å². The monoisotopic (exact) mass is 287 g/mol. The van der Waals surface area contributed by atoms with E-state index in [1.807, 2.05) is 33.8 Å². The van der Waals surface area contributed by atoms with E-state index in [-0.39, 0.29) is 11.9 Å². The number of pyridine rings is 1. The van der Waals surface area contributed by atoms with Crippen molar-refractivity contribution in [2.75, 3.05) is 0 Å². The predicted molar refractivity (Wildman–Crippen MR) is 80.7 cm³/mol. The third kappa shape index (κ3) is 3.48. The fraction of sp³-hybridized carbons (Fsp3) is 0.438. The Balaban J connectivity index is 2.33. The largest absolute Gasteiger partial charge is 0.489 e. The third-order valence-corrected chi connectivity index (χ3v) is 3.07. The third-order valence-electron chi connectivity index (χ3n) is 3.07. The zero-order valence-corrected chi connectivity index (χ0v) is 13.0. The maximum absolute atomic E-state index is 12.6. The van der Waals surface area contributed by atoms with Crippen LogP contribution in [-0.4, -0.2) is 26.7 Å². The number of nitrogens with zero attached hydrogens (tertiary/aromatic N) is 3. The van der Waals surface area contributed by atoms with Gasteiger partial charge in [0, 0.05) is 18.3 Å². The highest BCUT2D eigenvalue weighted by atomic mass is 16.5. The zero-order chi connectivity index (χ0) is 15.4. The van der Waals surface area contributed by atoms with Crippen LogP contribution in [0.25, 0.3) is 0 Å². The van der Waals surface area contributed by atoms with Crippen molar-refractivity contribution in [3.63, 3.8) is 0 Å². The summed E-state index contributed by atoms with van der Waals surface area (Å²) in [7, 11) is 0. The zero-order valence-electron chi connectivity index (χ0n) is 13.0. The van der Waals surface area contributed by atoms with Crippen molar-refractivity contribution in [3.05, 3.63) is 41.5 Å². The molecular weight excluding hydrogens is 266 g/mol. The van der Waals surface area contributed by atoms with Gasteiger partial charge in [-0.3, -0.25) is 14.5 Å². The molecule has 0 aliphatic heterocycles. The molecule has 5 heteroatoms. The van der Waals surface area contributed by atoms with Crippen LogP contribution in [0.2, 0.25) is 0 Å². The Bertz CT molecular complexity index is 632. The molecule has 0 radical (unpaired) electrons. The number of hydrogen-bond acceptors (Lipinski definition) is 4. The normalized spacial score (nSPS) is 10.9. The standard InChI is InChI=1S/C16H21N3O2/c1-5-13-8-15(19(6-2)18-13)16(20)12-7-14(10-17-9-12)21-11(3)4/h7-11H,5-6H2,1-4H3. The van der Waals surface area contributed by atoms with Crippen LogP contribution in [0.1, 0.15) is 49.4 Å². The molecule has 0 aliphatic rings. The molecule has 0 spiro atoms. The average molecular weight is 287 g/mol. The van der Waals surface area contributed by atoms with Gasteiger partial charge in [-0.2, -0.15) is 5.10 Å². The van der Waals surface area contributed by atoms with Gasteiger partial charge in [0.15, 0.2) is 0 Å². The summed E-state index contributed by atoms with van der Waals surface area (Å²) in [5.74, 6) is 0.528. The number of carbonyl (C=O) groups is 1. The summed E-state index contributed by atoms with van der Waals surface area (Å²) in [6.45, 7) is 8.54. The van der Waals surface area contributed by atoms with Crippen LogP contribution >= 0.6 is 0 Å². The minimum atomic E-state index is -0.0780. The molecule has 0 atom stereocenters. The summed E-state index contributed by atoms with van der Waals surface area (Å²) in [6.07, 6.45) is 4.03. The van der Waals surface area contributed by atoms with Gasteiger partial charge in [0.25, 0.3) is 0 Å². The van der Waals surface area contributed by atoms with Crippen molar-refractivity contribution in [3.8, 4) is 5.75 Å². The highest BCUT2D eigenvalue weighted by Crippen LogP contribution is 2.17. The Morgan fingerprint density at radius 2 is 2.05 bits per heavy atom. The van der Waals surface area contributed by atoms with E-state index in [0.29, 0.717) is 23.6 Å². The van der Waals surface area contributed by atoms with Crippen LogP contribution in [0.15, 0.2) is 24.5 Å². The van der Waals surface area contributed by atoms with Gasteiger partial charge < -0.3 is 4.74 Å². The number of carbonyl (C=O) groups excluding carboxylic acids is 1. The first-order valence-electron chi connectivity index (χ1n) is 7.28. The van der Waals surface area contributed by atoms with Gasteiger partial charge in [0.1, 0.15) is 11.4 Å². The van der Waals surface area contributed by atoms with Crippen molar-refractivity contribution in [1.82, 2.24) is 14.8 Å². The number of aromatic nitrogens is 3. The fourth-order valence-electron chi connectivity index (χ4n) is 2.09. The second-order valence-electron chi connectivity index (χ2n) is 5.10. The van der Waals surface area contributed by atoms with Gasteiger partial charge in [-0.05, 0) is 39.3 Å². The summed E-state index contributed by atoms with van der Waals surface area (Å²) in [5.41, 5.74) is 2.03. The second kappa shape index (κ2) is 6.52. The second-order valence-corrected chi connectivity index (χ2v) is 5.10. The number of hydrogen-bond donors (Lipinski definition) is 0. The van der Waals surface area contributed by atoms with Gasteiger partial charge in [-0.25, -0.2) is 0 Å². The van der Waals surface area contributed by atoms with Gasteiger partial charge >= 0.3 is 0 Å². The van der Waals surface area contributed by atoms with Crippen molar-refractivity contribution in [2.45, 2.75) is 46.8 Å². The summed E-state index contributed by atoms with van der Waals surface area (Å²) in [6, 6.07) is 3.58. The number of ketones is 1. The summed E-state index contributed by atoms with van der Waals surface area (Å²) in [5, 5.41) is 4.41. The maximum atomic E-state index is 12.6. The summed E-state index contributed by atoms with van der Waals surface area (Å²) < 4.78 is 7.32. The van der Waals surface area contributed by atoms with E-state index in [0.717, 1.165) is 12.1 Å². The van der Waals surface area contributed by atoms with E-state index in [1.165, 1.54) is 0 Å². The van der Waals surface area contributed by atoms with E-state index in [4.69, 9.17) is 4.74 Å². The molecule has 0 aromatic carbocycles. The van der Waals surface area contributed by atoms with Crippen molar-refractivity contribution < 1.29 is 9.53 Å². The topological polar surface area (TPSA) is 57.0 Å². The number of rotatable bonds is 6. The van der Waals surface area contributed by atoms with Crippen LogP contribution < -0.4 is 4.74 Å². The Morgan fingerprint density at radius 1 is 1.29 bits per heavy atom. The minimum absolute atomic E-state index is 0.0463. The molecular formula is C16H21N3O2. The Morgan fingerprint density at radius 3 is 2.67 bits per heavy atom. The Hall–Kier alpha value is -2.17. The SMILES string of the molecule is CCc1cc(C(=O)c2cncc(OC(C)C)c2)n(CC)n1. The molecule has 0 fully saturated rings. The van der Waals surface area contributed by atoms with Crippen LogP contribution in [0.4, 0.5) is 0 Å². The molecule has 2 heterocycles. The lowest BCUT2D eigenvalue weighted by atomic mass is 10.1. The first kappa shape index (κ1) is 15.2. The Kier molecular flexibility index (Phi) is 4.73. The van der Waals surface area contributed by atoms with Crippen molar-refractivity contribution >= 4 is 5.78 Å². The maximum Gasteiger partial charge on any atom is 0.212 e. The van der Waals surface area contributed by atoms with Gasteiger partial charge in [0.05, 0.1) is 18.0 Å². The van der Waals surface area contributed by atoms with Crippen LogP contribution in [0.3, 0.4) is 0 Å². The molecule has 0 bridgehead atoms. The molecule has 0 aliphatic carbocycles. The molecule has 0 unspecified atom stereocenters. The summed E-state index contributed by atoms with van der Waals surface area (Å²) in [4.78, 5) is 16.7. The highest BCUT2D eigenvalue weighted by molar-refractivity contribution is 6.08. The Labute approximate surface area is 125 Å².